The molecule has 0 aromatic heterocycles. The molecule has 32 heavy (non-hydrogen) atoms. The highest BCUT2D eigenvalue weighted by molar-refractivity contribution is 6.45. The number of likely N-dealkylation sites (tertiary alicyclic amines) is 1. The van der Waals surface area contributed by atoms with Gasteiger partial charge >= 0.3 is 0 Å². The number of anilines is 1. The molecule has 0 spiro atoms. The lowest BCUT2D eigenvalue weighted by Gasteiger charge is -2.36. The van der Waals surface area contributed by atoms with Gasteiger partial charge < -0.3 is 14.5 Å². The summed E-state index contributed by atoms with van der Waals surface area (Å²) in [5.74, 6) is 0.0785. The van der Waals surface area contributed by atoms with Crippen LogP contribution in [-0.4, -0.2) is 62.0 Å². The van der Waals surface area contributed by atoms with E-state index in [1.165, 1.54) is 4.90 Å². The maximum atomic E-state index is 13.7. The monoisotopic (exact) mass is 453 g/mol. The van der Waals surface area contributed by atoms with Crippen molar-refractivity contribution in [1.29, 1.82) is 0 Å². The van der Waals surface area contributed by atoms with Crippen molar-refractivity contribution in [2.24, 2.45) is 0 Å². The van der Waals surface area contributed by atoms with Crippen LogP contribution in [-0.2, 0) is 9.59 Å². The number of methoxy groups -OCH3 is 1. The molecular formula is C25H28ClN3O3. The quantitative estimate of drug-likeness (QED) is 0.641. The molecule has 1 saturated heterocycles. The van der Waals surface area contributed by atoms with Crippen molar-refractivity contribution < 1.29 is 14.3 Å². The van der Waals surface area contributed by atoms with E-state index in [0.717, 1.165) is 31.5 Å². The van der Waals surface area contributed by atoms with Gasteiger partial charge in [0.25, 0.3) is 11.8 Å². The number of ether oxygens (including phenoxy) is 1. The second-order valence-electron chi connectivity index (χ2n) is 8.47. The lowest BCUT2D eigenvalue weighted by molar-refractivity contribution is -0.120. The number of carbonyl (C=O) groups is 2. The number of likely N-dealkylation sites (N-methyl/N-ethyl adjacent to an activating group) is 1. The number of nitrogens with zero attached hydrogens (tertiary/aromatic N) is 3. The first-order chi connectivity index (χ1) is 15.3. The van der Waals surface area contributed by atoms with Gasteiger partial charge in [-0.05, 0) is 81.4 Å². The van der Waals surface area contributed by atoms with Gasteiger partial charge in [0, 0.05) is 18.1 Å². The van der Waals surface area contributed by atoms with Crippen LogP contribution in [0.15, 0.2) is 48.2 Å². The van der Waals surface area contributed by atoms with Crippen LogP contribution in [0.25, 0.3) is 5.57 Å². The molecule has 2 aromatic carbocycles. The van der Waals surface area contributed by atoms with Gasteiger partial charge in [-0.25, -0.2) is 4.90 Å². The number of hydrogen-bond acceptors (Lipinski definition) is 5. The summed E-state index contributed by atoms with van der Waals surface area (Å²) in [5, 5.41) is 0.567. The number of halogens is 1. The molecule has 0 unspecified atom stereocenters. The van der Waals surface area contributed by atoms with E-state index < -0.39 is 0 Å². The number of carbonyl (C=O) groups excluding carboxylic acids is 2. The number of rotatable bonds is 5. The number of benzene rings is 2. The molecule has 0 radical (unpaired) electrons. The van der Waals surface area contributed by atoms with E-state index in [-0.39, 0.29) is 17.9 Å². The third-order valence-corrected chi connectivity index (χ3v) is 6.66. The fourth-order valence-corrected chi connectivity index (χ4v) is 4.74. The molecule has 2 aliphatic rings. The standard InChI is InChI=1S/C25H28ClN3O3/c1-16-15-18(26)7-10-21(16)29-24(30)22(17-5-8-20(32-4)9-6-17)23(25(29)31)28(3)19-11-13-27(2)14-12-19/h5-10,15,19H,11-14H2,1-4H3. The van der Waals surface area contributed by atoms with Crippen LogP contribution in [0.4, 0.5) is 5.69 Å². The number of piperidine rings is 1. The Labute approximate surface area is 194 Å². The van der Waals surface area contributed by atoms with Crippen LogP contribution in [0.5, 0.6) is 5.75 Å². The third kappa shape index (κ3) is 4.00. The zero-order valence-electron chi connectivity index (χ0n) is 18.9. The molecule has 2 heterocycles. The minimum atomic E-state index is -0.319. The first-order valence-electron chi connectivity index (χ1n) is 10.8. The Morgan fingerprint density at radius 1 is 1.03 bits per heavy atom. The zero-order chi connectivity index (χ0) is 23.0. The Bertz CT molecular complexity index is 1070. The van der Waals surface area contributed by atoms with Crippen molar-refractivity contribution in [3.63, 3.8) is 0 Å². The van der Waals surface area contributed by atoms with Gasteiger partial charge in [0.15, 0.2) is 0 Å². The highest BCUT2D eigenvalue weighted by atomic mass is 35.5. The van der Waals surface area contributed by atoms with Gasteiger partial charge in [-0.2, -0.15) is 0 Å². The molecule has 2 amide bonds. The van der Waals surface area contributed by atoms with Crippen molar-refractivity contribution in [1.82, 2.24) is 9.80 Å². The van der Waals surface area contributed by atoms with E-state index in [2.05, 4.69) is 11.9 Å². The molecule has 0 bridgehead atoms. The molecule has 0 aliphatic carbocycles. The highest BCUT2D eigenvalue weighted by Gasteiger charge is 2.43. The van der Waals surface area contributed by atoms with Crippen molar-refractivity contribution >= 4 is 34.7 Å². The summed E-state index contributed by atoms with van der Waals surface area (Å²) < 4.78 is 5.27. The van der Waals surface area contributed by atoms with Crippen molar-refractivity contribution in [2.75, 3.05) is 39.2 Å². The summed E-state index contributed by atoms with van der Waals surface area (Å²) in [4.78, 5) is 33.0. The Morgan fingerprint density at radius 2 is 1.69 bits per heavy atom. The molecule has 1 fully saturated rings. The van der Waals surface area contributed by atoms with E-state index in [4.69, 9.17) is 16.3 Å². The lowest BCUT2D eigenvalue weighted by Crippen LogP contribution is -2.43. The average Bonchev–Trinajstić information content (AvgIpc) is 3.04. The summed E-state index contributed by atoms with van der Waals surface area (Å²) >= 11 is 6.12. The highest BCUT2D eigenvalue weighted by Crippen LogP contribution is 2.38. The van der Waals surface area contributed by atoms with Gasteiger partial charge in [0.1, 0.15) is 11.4 Å². The number of aryl methyl sites for hydroxylation is 1. The van der Waals surface area contributed by atoms with Crippen molar-refractivity contribution in [3.8, 4) is 5.75 Å². The maximum Gasteiger partial charge on any atom is 0.282 e. The summed E-state index contributed by atoms with van der Waals surface area (Å²) in [6.07, 6.45) is 1.88. The molecule has 2 aromatic rings. The van der Waals surface area contributed by atoms with Crippen LogP contribution in [0, 0.1) is 6.92 Å². The summed E-state index contributed by atoms with van der Waals surface area (Å²) in [5.41, 5.74) is 2.91. The van der Waals surface area contributed by atoms with E-state index in [0.29, 0.717) is 33.3 Å². The van der Waals surface area contributed by atoms with Gasteiger partial charge in [-0.1, -0.05) is 23.7 Å². The first-order valence-corrected chi connectivity index (χ1v) is 11.1. The van der Waals surface area contributed by atoms with Crippen molar-refractivity contribution in [3.05, 3.63) is 64.3 Å². The van der Waals surface area contributed by atoms with Crippen LogP contribution >= 0.6 is 11.6 Å². The van der Waals surface area contributed by atoms with E-state index >= 15 is 0 Å². The summed E-state index contributed by atoms with van der Waals surface area (Å²) in [6.45, 7) is 3.78. The Kier molecular flexibility index (Phi) is 6.26. The number of hydrogen-bond donors (Lipinski definition) is 0. The summed E-state index contributed by atoms with van der Waals surface area (Å²) in [7, 11) is 5.63. The molecular weight excluding hydrogens is 426 g/mol. The fraction of sp³-hybridized carbons (Fsp3) is 0.360. The van der Waals surface area contributed by atoms with Crippen LogP contribution in [0.3, 0.4) is 0 Å². The van der Waals surface area contributed by atoms with Gasteiger partial charge in [0.2, 0.25) is 0 Å². The minimum Gasteiger partial charge on any atom is -0.497 e. The predicted molar refractivity (Wildman–Crippen MR) is 127 cm³/mol. The molecule has 0 atom stereocenters. The molecule has 0 saturated carbocycles. The van der Waals surface area contributed by atoms with Crippen molar-refractivity contribution in [2.45, 2.75) is 25.8 Å². The Balaban J connectivity index is 1.80. The van der Waals surface area contributed by atoms with E-state index in [9.17, 15) is 9.59 Å². The largest absolute Gasteiger partial charge is 0.497 e. The fourth-order valence-electron chi connectivity index (χ4n) is 4.52. The topological polar surface area (TPSA) is 53.1 Å². The SMILES string of the molecule is COc1ccc(C2=C(N(C)C3CCN(C)CC3)C(=O)N(c3ccc(Cl)cc3C)C2=O)cc1. The second-order valence-corrected chi connectivity index (χ2v) is 8.91. The average molecular weight is 454 g/mol. The summed E-state index contributed by atoms with van der Waals surface area (Å²) in [6, 6.07) is 12.7. The van der Waals surface area contributed by atoms with Gasteiger partial charge in [-0.3, -0.25) is 9.59 Å². The third-order valence-electron chi connectivity index (χ3n) is 6.43. The Hall–Kier alpha value is -2.83. The smallest absolute Gasteiger partial charge is 0.282 e. The second kappa shape index (κ2) is 8.96. The van der Waals surface area contributed by atoms with E-state index in [1.807, 2.05) is 43.1 Å². The zero-order valence-corrected chi connectivity index (χ0v) is 19.6. The number of amides is 2. The first kappa shape index (κ1) is 22.4. The maximum absolute atomic E-state index is 13.7. The van der Waals surface area contributed by atoms with Crippen LogP contribution in [0.1, 0.15) is 24.0 Å². The molecule has 0 N–H and O–H groups in total. The van der Waals surface area contributed by atoms with Crippen LogP contribution < -0.4 is 9.64 Å². The lowest BCUT2D eigenvalue weighted by atomic mass is 10.00. The number of imide groups is 1. The normalized spacial score (nSPS) is 18.0. The predicted octanol–water partition coefficient (Wildman–Crippen LogP) is 3.97. The van der Waals surface area contributed by atoms with Gasteiger partial charge in [0.05, 0.1) is 18.4 Å². The van der Waals surface area contributed by atoms with E-state index in [1.54, 1.807) is 25.3 Å². The molecule has 168 valence electrons. The molecule has 7 heteroatoms. The Morgan fingerprint density at radius 3 is 2.28 bits per heavy atom. The van der Waals surface area contributed by atoms with Gasteiger partial charge in [-0.15, -0.1) is 0 Å². The molecule has 4 rings (SSSR count). The minimum absolute atomic E-state index is 0.192. The molecule has 6 nitrogen and oxygen atoms in total. The van der Waals surface area contributed by atoms with Crippen LogP contribution in [0.2, 0.25) is 5.02 Å². The molecule has 2 aliphatic heterocycles.